The summed E-state index contributed by atoms with van der Waals surface area (Å²) >= 11 is 0. The van der Waals surface area contributed by atoms with E-state index in [4.69, 9.17) is 0 Å². The number of anilines is 1. The van der Waals surface area contributed by atoms with E-state index < -0.39 is 17.8 Å². The van der Waals surface area contributed by atoms with Gasteiger partial charge in [0.05, 0.1) is 0 Å². The molecule has 1 aliphatic rings. The summed E-state index contributed by atoms with van der Waals surface area (Å²) in [5.41, 5.74) is 0.731. The van der Waals surface area contributed by atoms with Crippen LogP contribution in [0.25, 0.3) is 16.9 Å². The molecule has 4 rings (SSSR count). The summed E-state index contributed by atoms with van der Waals surface area (Å²) in [5.74, 6) is -1.61. The van der Waals surface area contributed by atoms with E-state index in [1.807, 2.05) is 0 Å². The number of alkyl halides is 3. The van der Waals surface area contributed by atoms with Crippen LogP contribution in [0.3, 0.4) is 0 Å². The number of hydrogen-bond acceptors (Lipinski definition) is 4. The van der Waals surface area contributed by atoms with E-state index in [1.54, 1.807) is 0 Å². The second-order valence-corrected chi connectivity index (χ2v) is 5.58. The van der Waals surface area contributed by atoms with Gasteiger partial charge in [0.1, 0.15) is 12.1 Å². The van der Waals surface area contributed by atoms with Crippen molar-refractivity contribution in [1.82, 2.24) is 19.5 Å². The number of nitrogens with one attached hydrogen (secondary N) is 1. The minimum absolute atomic E-state index is 0.0204. The van der Waals surface area contributed by atoms with Crippen molar-refractivity contribution in [3.05, 3.63) is 42.2 Å². The highest BCUT2D eigenvalue weighted by molar-refractivity contribution is 5.84. The maximum absolute atomic E-state index is 13.1. The summed E-state index contributed by atoms with van der Waals surface area (Å²) in [6, 6.07) is 5.44. The molecule has 0 amide bonds. The van der Waals surface area contributed by atoms with Gasteiger partial charge in [0.2, 0.25) is 5.82 Å². The van der Waals surface area contributed by atoms with Gasteiger partial charge in [0, 0.05) is 11.7 Å². The minimum atomic E-state index is -4.67. The highest BCUT2D eigenvalue weighted by Crippen LogP contribution is 2.33. The molecule has 2 heterocycles. The number of nitrogens with zero attached hydrogens (tertiary/aromatic N) is 4. The van der Waals surface area contributed by atoms with E-state index in [1.165, 1.54) is 35.2 Å². The third-order valence-corrected chi connectivity index (χ3v) is 3.67. The normalized spacial score (nSPS) is 15.0. The zero-order valence-corrected chi connectivity index (χ0v) is 12.2. The van der Waals surface area contributed by atoms with Gasteiger partial charge in [-0.15, -0.1) is 0 Å². The van der Waals surface area contributed by atoms with Crippen molar-refractivity contribution in [2.75, 3.05) is 5.32 Å². The molecule has 0 saturated heterocycles. The van der Waals surface area contributed by atoms with Crippen molar-refractivity contribution >= 4 is 17.0 Å². The Balaban J connectivity index is 1.91. The zero-order valence-electron chi connectivity index (χ0n) is 12.2. The maximum Gasteiger partial charge on any atom is 0.451 e. The molecular weight excluding hydrogens is 326 g/mol. The first-order valence-electron chi connectivity index (χ1n) is 7.26. The molecule has 24 heavy (non-hydrogen) atoms. The van der Waals surface area contributed by atoms with Crippen LogP contribution in [0.2, 0.25) is 0 Å². The molecule has 1 N–H and O–H groups in total. The molecule has 1 fully saturated rings. The van der Waals surface area contributed by atoms with Crippen molar-refractivity contribution in [2.24, 2.45) is 0 Å². The monoisotopic (exact) mass is 337 g/mol. The molecule has 5 nitrogen and oxygen atoms in total. The molecule has 0 aliphatic heterocycles. The van der Waals surface area contributed by atoms with Crippen molar-refractivity contribution in [3.8, 4) is 5.69 Å². The van der Waals surface area contributed by atoms with Crippen LogP contribution >= 0.6 is 0 Å². The average Bonchev–Trinajstić information content (AvgIpc) is 3.23. The standard InChI is InChI=1S/C15H11F4N5/c16-8-1-5-10(6-2-8)24-7-20-11-12(21-9-3-4-9)22-14(15(17,18)19)23-13(11)24/h1-2,5-7,9H,3-4H2,(H,21,22,23). The molecule has 9 heteroatoms. The van der Waals surface area contributed by atoms with E-state index in [9.17, 15) is 17.6 Å². The lowest BCUT2D eigenvalue weighted by Crippen LogP contribution is -2.15. The molecule has 124 valence electrons. The van der Waals surface area contributed by atoms with Crippen LogP contribution in [0, 0.1) is 5.82 Å². The Morgan fingerprint density at radius 2 is 1.79 bits per heavy atom. The minimum Gasteiger partial charge on any atom is -0.365 e. The zero-order chi connectivity index (χ0) is 16.9. The predicted octanol–water partition coefficient (Wildman–Crippen LogP) is 3.55. The molecule has 1 saturated carbocycles. The summed E-state index contributed by atoms with van der Waals surface area (Å²) in [7, 11) is 0. The number of benzene rings is 1. The maximum atomic E-state index is 13.1. The number of hydrogen-bond donors (Lipinski definition) is 1. The van der Waals surface area contributed by atoms with E-state index in [0.29, 0.717) is 5.69 Å². The van der Waals surface area contributed by atoms with E-state index in [0.717, 1.165) is 12.8 Å². The fourth-order valence-electron chi connectivity index (χ4n) is 2.34. The Hall–Kier alpha value is -2.71. The summed E-state index contributed by atoms with van der Waals surface area (Å²) in [6.07, 6.45) is -1.56. The van der Waals surface area contributed by atoms with E-state index in [-0.39, 0.29) is 23.0 Å². The van der Waals surface area contributed by atoms with Gasteiger partial charge in [-0.25, -0.2) is 19.3 Å². The summed E-state index contributed by atoms with van der Waals surface area (Å²) < 4.78 is 53.8. The van der Waals surface area contributed by atoms with E-state index >= 15 is 0 Å². The fourth-order valence-corrected chi connectivity index (χ4v) is 2.34. The average molecular weight is 337 g/mol. The van der Waals surface area contributed by atoms with Gasteiger partial charge < -0.3 is 5.32 Å². The first kappa shape index (κ1) is 14.9. The summed E-state index contributed by atoms with van der Waals surface area (Å²) in [4.78, 5) is 11.4. The third kappa shape index (κ3) is 2.66. The lowest BCUT2D eigenvalue weighted by molar-refractivity contribution is -0.144. The Kier molecular flexibility index (Phi) is 3.19. The number of halogens is 4. The number of aromatic nitrogens is 4. The molecule has 0 unspecified atom stereocenters. The van der Waals surface area contributed by atoms with Gasteiger partial charge in [0.25, 0.3) is 0 Å². The smallest absolute Gasteiger partial charge is 0.365 e. The number of fused-ring (bicyclic) bond motifs is 1. The van der Waals surface area contributed by atoms with Gasteiger partial charge in [-0.05, 0) is 37.1 Å². The van der Waals surface area contributed by atoms with Crippen LogP contribution in [0.1, 0.15) is 18.7 Å². The third-order valence-electron chi connectivity index (χ3n) is 3.67. The van der Waals surface area contributed by atoms with Crippen LogP contribution in [0.15, 0.2) is 30.6 Å². The summed E-state index contributed by atoms with van der Waals surface area (Å²) in [5, 5.41) is 2.96. The highest BCUT2D eigenvalue weighted by atomic mass is 19.4. The molecule has 0 atom stereocenters. The molecule has 0 bridgehead atoms. The van der Waals surface area contributed by atoms with Gasteiger partial charge >= 0.3 is 6.18 Å². The molecule has 0 spiro atoms. The largest absolute Gasteiger partial charge is 0.451 e. The van der Waals surface area contributed by atoms with Crippen LogP contribution in [-0.4, -0.2) is 25.6 Å². The van der Waals surface area contributed by atoms with Gasteiger partial charge in [-0.3, -0.25) is 4.57 Å². The van der Waals surface area contributed by atoms with Gasteiger partial charge in [0.15, 0.2) is 17.0 Å². The van der Waals surface area contributed by atoms with Crippen LogP contribution < -0.4 is 5.32 Å². The van der Waals surface area contributed by atoms with Crippen LogP contribution in [0.4, 0.5) is 23.4 Å². The SMILES string of the molecule is Fc1ccc(-n2cnc3c(NC4CC4)nc(C(F)(F)F)nc32)cc1. The molecule has 1 aromatic carbocycles. The van der Waals surface area contributed by atoms with Crippen molar-refractivity contribution in [1.29, 1.82) is 0 Å². The second-order valence-electron chi connectivity index (χ2n) is 5.58. The van der Waals surface area contributed by atoms with Crippen LogP contribution in [0.5, 0.6) is 0 Å². The molecule has 2 aromatic heterocycles. The van der Waals surface area contributed by atoms with Crippen molar-refractivity contribution in [3.63, 3.8) is 0 Å². The molecule has 3 aromatic rings. The summed E-state index contributed by atoms with van der Waals surface area (Å²) in [6.45, 7) is 0. The van der Waals surface area contributed by atoms with Crippen molar-refractivity contribution < 1.29 is 17.6 Å². The fraction of sp³-hybridized carbons (Fsp3) is 0.267. The predicted molar refractivity (Wildman–Crippen MR) is 78.3 cm³/mol. The Morgan fingerprint density at radius 1 is 1.08 bits per heavy atom. The van der Waals surface area contributed by atoms with E-state index in [2.05, 4.69) is 20.3 Å². The first-order valence-corrected chi connectivity index (χ1v) is 7.26. The molecule has 1 aliphatic carbocycles. The van der Waals surface area contributed by atoms with Gasteiger partial charge in [-0.1, -0.05) is 0 Å². The number of rotatable bonds is 3. The van der Waals surface area contributed by atoms with Gasteiger partial charge in [-0.2, -0.15) is 13.2 Å². The Morgan fingerprint density at radius 3 is 2.42 bits per heavy atom. The molecular formula is C15H11F4N5. The van der Waals surface area contributed by atoms with Crippen molar-refractivity contribution in [2.45, 2.75) is 25.1 Å². The Labute approximate surface area is 133 Å². The van der Waals surface area contributed by atoms with Crippen LogP contribution in [-0.2, 0) is 6.18 Å². The highest BCUT2D eigenvalue weighted by Gasteiger charge is 2.37. The quantitative estimate of drug-likeness (QED) is 0.743. The topological polar surface area (TPSA) is 55.6 Å². The number of imidazole rings is 1. The second kappa shape index (κ2) is 5.15. The first-order chi connectivity index (χ1) is 11.4. The lowest BCUT2D eigenvalue weighted by atomic mass is 10.3. The lowest BCUT2D eigenvalue weighted by Gasteiger charge is -2.10. The Bertz CT molecular complexity index is 897. The molecule has 0 radical (unpaired) electrons.